The number of aryl methyl sites for hydroxylation is 1. The summed E-state index contributed by atoms with van der Waals surface area (Å²) in [6.45, 7) is 7.06. The van der Waals surface area contributed by atoms with Crippen molar-refractivity contribution in [3.63, 3.8) is 0 Å². The molecule has 2 aliphatic heterocycles. The van der Waals surface area contributed by atoms with Crippen molar-refractivity contribution in [1.29, 1.82) is 0 Å². The third-order valence-electron chi connectivity index (χ3n) is 7.86. The molecular weight excluding hydrogens is 552 g/mol. The minimum absolute atomic E-state index is 0.132. The SMILES string of the molecule is Cc1nc(-c2nncs2)ncc1-c1cc2cnc(Nc3ccc(N4CCN(C)CC4)cc3)nc2n(C2CCOC2)c1=O. The van der Waals surface area contributed by atoms with Gasteiger partial charge in [0, 0.05) is 73.2 Å². The molecule has 1 aromatic carbocycles. The fraction of sp³-hybridized carbons (Fsp3) is 0.345. The number of aromatic nitrogens is 7. The van der Waals surface area contributed by atoms with E-state index >= 15 is 0 Å². The maximum Gasteiger partial charge on any atom is 0.260 e. The fourth-order valence-electron chi connectivity index (χ4n) is 5.49. The van der Waals surface area contributed by atoms with Gasteiger partial charge in [-0.25, -0.2) is 15.0 Å². The molecule has 13 heteroatoms. The molecule has 12 nitrogen and oxygen atoms in total. The van der Waals surface area contributed by atoms with Crippen molar-refractivity contribution in [2.24, 2.45) is 0 Å². The van der Waals surface area contributed by atoms with Crippen molar-refractivity contribution >= 4 is 39.7 Å². The second-order valence-electron chi connectivity index (χ2n) is 10.6. The molecule has 0 spiro atoms. The number of hydrogen-bond acceptors (Lipinski definition) is 12. The van der Waals surface area contributed by atoms with Crippen LogP contribution in [0.15, 0.2) is 53.0 Å². The van der Waals surface area contributed by atoms with E-state index in [1.807, 2.05) is 25.1 Å². The molecule has 0 saturated carbocycles. The second-order valence-corrected chi connectivity index (χ2v) is 11.5. The van der Waals surface area contributed by atoms with Gasteiger partial charge in [0.25, 0.3) is 5.56 Å². The van der Waals surface area contributed by atoms with Crippen molar-refractivity contribution in [2.45, 2.75) is 19.4 Å². The van der Waals surface area contributed by atoms with E-state index in [1.54, 1.807) is 22.5 Å². The van der Waals surface area contributed by atoms with E-state index in [4.69, 9.17) is 9.72 Å². The van der Waals surface area contributed by atoms with E-state index in [9.17, 15) is 4.79 Å². The predicted octanol–water partition coefficient (Wildman–Crippen LogP) is 3.53. The van der Waals surface area contributed by atoms with Gasteiger partial charge < -0.3 is 19.9 Å². The lowest BCUT2D eigenvalue weighted by molar-refractivity contribution is 0.186. The van der Waals surface area contributed by atoms with Crippen LogP contribution in [0.25, 0.3) is 33.0 Å². The maximum absolute atomic E-state index is 14.1. The van der Waals surface area contributed by atoms with Crippen LogP contribution < -0.4 is 15.8 Å². The summed E-state index contributed by atoms with van der Waals surface area (Å²) in [6.07, 6.45) is 4.16. The number of benzene rings is 1. The van der Waals surface area contributed by atoms with Crippen molar-refractivity contribution in [3.8, 4) is 22.0 Å². The van der Waals surface area contributed by atoms with Crippen LogP contribution in [0.5, 0.6) is 0 Å². The quantitative estimate of drug-likeness (QED) is 0.316. The molecule has 1 atom stereocenters. The molecule has 0 radical (unpaired) electrons. The molecule has 42 heavy (non-hydrogen) atoms. The number of anilines is 3. The van der Waals surface area contributed by atoms with Gasteiger partial charge in [-0.3, -0.25) is 9.36 Å². The van der Waals surface area contributed by atoms with Crippen LogP contribution in [0, 0.1) is 6.92 Å². The lowest BCUT2D eigenvalue weighted by Crippen LogP contribution is -2.44. The number of nitrogens with zero attached hydrogens (tertiary/aromatic N) is 9. The normalized spacial score (nSPS) is 17.7. The first-order chi connectivity index (χ1) is 20.5. The number of piperazine rings is 1. The van der Waals surface area contributed by atoms with Crippen LogP contribution in [-0.2, 0) is 4.74 Å². The fourth-order valence-corrected chi connectivity index (χ4v) is 5.98. The van der Waals surface area contributed by atoms with Gasteiger partial charge in [0.15, 0.2) is 10.8 Å². The van der Waals surface area contributed by atoms with Gasteiger partial charge in [0.2, 0.25) is 5.95 Å². The highest BCUT2D eigenvalue weighted by Gasteiger charge is 2.25. The number of ether oxygens (including phenoxy) is 1. The molecule has 2 fully saturated rings. The van der Waals surface area contributed by atoms with Crippen molar-refractivity contribution in [1.82, 2.24) is 39.6 Å². The van der Waals surface area contributed by atoms with Gasteiger partial charge in [0.05, 0.1) is 18.2 Å². The minimum Gasteiger partial charge on any atom is -0.379 e. The smallest absolute Gasteiger partial charge is 0.260 e. The molecule has 1 unspecified atom stereocenters. The summed E-state index contributed by atoms with van der Waals surface area (Å²) < 4.78 is 7.42. The first kappa shape index (κ1) is 26.6. The Bertz CT molecular complexity index is 1780. The van der Waals surface area contributed by atoms with Crippen LogP contribution in [0.2, 0.25) is 0 Å². The summed E-state index contributed by atoms with van der Waals surface area (Å²) in [6, 6.07) is 10.0. The summed E-state index contributed by atoms with van der Waals surface area (Å²) in [5.74, 6) is 0.912. The van der Waals surface area contributed by atoms with Crippen molar-refractivity contribution in [2.75, 3.05) is 56.7 Å². The number of rotatable bonds is 6. The van der Waals surface area contributed by atoms with Crippen molar-refractivity contribution < 1.29 is 4.74 Å². The minimum atomic E-state index is -0.158. The highest BCUT2D eigenvalue weighted by atomic mass is 32.1. The van der Waals surface area contributed by atoms with Crippen LogP contribution in [-0.4, -0.2) is 86.0 Å². The highest BCUT2D eigenvalue weighted by molar-refractivity contribution is 7.12. The maximum atomic E-state index is 14.1. The Hall–Kier alpha value is -4.33. The molecule has 2 saturated heterocycles. The summed E-state index contributed by atoms with van der Waals surface area (Å²) in [7, 11) is 2.16. The Morgan fingerprint density at radius 3 is 2.57 bits per heavy atom. The third-order valence-corrected chi connectivity index (χ3v) is 8.54. The van der Waals surface area contributed by atoms with Crippen molar-refractivity contribution in [3.05, 3.63) is 64.3 Å². The van der Waals surface area contributed by atoms with Gasteiger partial charge in [-0.15, -0.1) is 10.2 Å². The van der Waals surface area contributed by atoms with Gasteiger partial charge in [-0.1, -0.05) is 11.3 Å². The van der Waals surface area contributed by atoms with Crippen LogP contribution in [0.1, 0.15) is 18.2 Å². The molecule has 0 amide bonds. The van der Waals surface area contributed by atoms with E-state index in [1.165, 1.54) is 17.0 Å². The highest BCUT2D eigenvalue weighted by Crippen LogP contribution is 2.29. The molecule has 7 rings (SSSR count). The first-order valence-corrected chi connectivity index (χ1v) is 14.8. The zero-order valence-electron chi connectivity index (χ0n) is 23.4. The molecular formula is C29H30N10O2S. The Kier molecular flexibility index (Phi) is 7.06. The van der Waals surface area contributed by atoms with E-state index in [0.29, 0.717) is 52.5 Å². The van der Waals surface area contributed by atoms with Gasteiger partial charge >= 0.3 is 0 Å². The third kappa shape index (κ3) is 5.10. The summed E-state index contributed by atoms with van der Waals surface area (Å²) >= 11 is 1.37. The number of pyridine rings is 1. The molecule has 4 aromatic heterocycles. The lowest BCUT2D eigenvalue weighted by atomic mass is 10.1. The van der Waals surface area contributed by atoms with E-state index in [-0.39, 0.29) is 11.6 Å². The standard InChI is InChI=1S/C29H30N10O2S/c1-18-24(15-30-25(33-18)27-36-32-17-42-27)23-13-19-14-31-29(35-26(19)39(28(23)40)22-7-12-41-16-22)34-20-3-5-21(6-4-20)38-10-8-37(2)9-11-38/h3-6,13-15,17,22H,7-12,16H2,1-2H3,(H,31,34,35). The monoisotopic (exact) mass is 582 g/mol. The van der Waals surface area contributed by atoms with Gasteiger partial charge in [-0.05, 0) is 50.7 Å². The Labute approximate surface area is 246 Å². The Morgan fingerprint density at radius 1 is 1.02 bits per heavy atom. The predicted molar refractivity (Wildman–Crippen MR) is 162 cm³/mol. The number of fused-ring (bicyclic) bond motifs is 1. The molecule has 214 valence electrons. The zero-order valence-corrected chi connectivity index (χ0v) is 24.2. The average Bonchev–Trinajstić information content (AvgIpc) is 3.74. The molecule has 0 bridgehead atoms. The van der Waals surface area contributed by atoms with E-state index < -0.39 is 0 Å². The summed E-state index contributed by atoms with van der Waals surface area (Å²) in [4.78, 5) is 37.3. The van der Waals surface area contributed by atoms with Crippen LogP contribution in [0.3, 0.4) is 0 Å². The molecule has 2 aliphatic rings. The number of hydrogen-bond donors (Lipinski definition) is 1. The lowest BCUT2D eigenvalue weighted by Gasteiger charge is -2.34. The number of nitrogens with one attached hydrogen (secondary N) is 1. The second kappa shape index (κ2) is 11.2. The topological polar surface area (TPSA) is 127 Å². The van der Waals surface area contributed by atoms with Gasteiger partial charge in [0.1, 0.15) is 11.2 Å². The number of likely N-dealkylation sites (N-methyl/N-ethyl adjacent to an activating group) is 1. The van der Waals surface area contributed by atoms with Gasteiger partial charge in [-0.2, -0.15) is 4.98 Å². The average molecular weight is 583 g/mol. The van der Waals surface area contributed by atoms with E-state index in [0.717, 1.165) is 43.7 Å². The largest absolute Gasteiger partial charge is 0.379 e. The molecule has 5 aromatic rings. The Morgan fingerprint density at radius 2 is 1.86 bits per heavy atom. The zero-order chi connectivity index (χ0) is 28.6. The summed E-state index contributed by atoms with van der Waals surface area (Å²) in [5, 5.41) is 12.6. The van der Waals surface area contributed by atoms with E-state index in [2.05, 4.69) is 59.4 Å². The summed E-state index contributed by atoms with van der Waals surface area (Å²) in [5.41, 5.74) is 5.96. The molecule has 0 aliphatic carbocycles. The first-order valence-electron chi connectivity index (χ1n) is 13.9. The Balaban J connectivity index is 1.23. The van der Waals surface area contributed by atoms with Crippen LogP contribution in [0.4, 0.5) is 17.3 Å². The van der Waals surface area contributed by atoms with Crippen LogP contribution >= 0.6 is 11.3 Å². The molecule has 1 N–H and O–H groups in total. The molecule has 6 heterocycles.